The summed E-state index contributed by atoms with van der Waals surface area (Å²) >= 11 is 0. The van der Waals surface area contributed by atoms with Gasteiger partial charge in [-0.1, -0.05) is 0 Å². The van der Waals surface area contributed by atoms with Crippen molar-refractivity contribution in [1.29, 1.82) is 0 Å². The van der Waals surface area contributed by atoms with Crippen LogP contribution in [0, 0.1) is 0 Å². The van der Waals surface area contributed by atoms with Crippen LogP contribution >= 0.6 is 0 Å². The van der Waals surface area contributed by atoms with Crippen molar-refractivity contribution in [3.8, 4) is 5.88 Å². The van der Waals surface area contributed by atoms with Crippen LogP contribution in [0.15, 0.2) is 23.3 Å². The van der Waals surface area contributed by atoms with Gasteiger partial charge in [0.15, 0.2) is 12.6 Å². The first-order valence-electron chi connectivity index (χ1n) is 8.68. The van der Waals surface area contributed by atoms with E-state index in [0.29, 0.717) is 44.4 Å². The number of halogens is 3. The highest BCUT2D eigenvalue weighted by molar-refractivity contribution is 5.79. The molecule has 0 saturated carbocycles. The van der Waals surface area contributed by atoms with E-state index in [4.69, 9.17) is 9.47 Å². The van der Waals surface area contributed by atoms with Crippen LogP contribution in [0.1, 0.15) is 18.9 Å². The van der Waals surface area contributed by atoms with Gasteiger partial charge in [-0.25, -0.2) is 9.98 Å². The van der Waals surface area contributed by atoms with Gasteiger partial charge in [0.2, 0.25) is 5.88 Å². The van der Waals surface area contributed by atoms with Gasteiger partial charge in [-0.3, -0.25) is 0 Å². The summed E-state index contributed by atoms with van der Waals surface area (Å²) in [5.74, 6) is 0.537. The molecule has 0 amide bonds. The van der Waals surface area contributed by atoms with E-state index in [-0.39, 0.29) is 12.4 Å². The molecule has 0 spiro atoms. The van der Waals surface area contributed by atoms with E-state index in [2.05, 4.69) is 25.3 Å². The number of guanidine groups is 1. The van der Waals surface area contributed by atoms with E-state index in [1.165, 1.54) is 12.3 Å². The van der Waals surface area contributed by atoms with Crippen LogP contribution in [0.25, 0.3) is 0 Å². The molecule has 0 radical (unpaired) electrons. The molecule has 0 aliphatic carbocycles. The standard InChI is InChI=1S/C17H27F3N4O3/c1-3-21-16(23-6-4-8-26-10-9-25-2)24-12-14-5-7-22-15(11-14)27-13-17(18,19)20/h5,7,11H,3-4,6,8-10,12-13H2,1-2H3,(H2,21,23,24). The maximum absolute atomic E-state index is 12.2. The van der Waals surface area contributed by atoms with Crippen LogP contribution in [-0.4, -0.2) is 63.7 Å². The number of methoxy groups -OCH3 is 1. The summed E-state index contributed by atoms with van der Waals surface area (Å²) in [7, 11) is 1.62. The molecular formula is C17H27F3N4O3. The maximum Gasteiger partial charge on any atom is 0.422 e. The normalized spacial score (nSPS) is 12.1. The van der Waals surface area contributed by atoms with Gasteiger partial charge in [0, 0.05) is 39.1 Å². The maximum atomic E-state index is 12.2. The molecule has 0 bridgehead atoms. The second-order valence-electron chi connectivity index (χ2n) is 5.49. The fourth-order valence-corrected chi connectivity index (χ4v) is 1.92. The average Bonchev–Trinajstić information content (AvgIpc) is 2.63. The lowest BCUT2D eigenvalue weighted by atomic mass is 10.3. The molecule has 10 heteroatoms. The molecule has 7 nitrogen and oxygen atoms in total. The average molecular weight is 392 g/mol. The SMILES string of the molecule is CCNC(=NCc1ccnc(OCC(F)(F)F)c1)NCCCOCCOC. The number of alkyl halides is 3. The summed E-state index contributed by atoms with van der Waals surface area (Å²) < 4.78 is 51.5. The Kier molecular flexibility index (Phi) is 11.2. The zero-order valence-electron chi connectivity index (χ0n) is 15.6. The molecule has 1 aromatic rings. The van der Waals surface area contributed by atoms with Gasteiger partial charge < -0.3 is 24.8 Å². The van der Waals surface area contributed by atoms with E-state index in [0.717, 1.165) is 6.42 Å². The number of nitrogens with one attached hydrogen (secondary N) is 2. The van der Waals surface area contributed by atoms with Gasteiger partial charge in [-0.05, 0) is 25.0 Å². The van der Waals surface area contributed by atoms with Crippen LogP contribution in [0.4, 0.5) is 13.2 Å². The van der Waals surface area contributed by atoms with Crippen LogP contribution < -0.4 is 15.4 Å². The molecule has 1 rings (SSSR count). The number of pyridine rings is 1. The molecule has 0 unspecified atom stereocenters. The first-order chi connectivity index (χ1) is 12.9. The van der Waals surface area contributed by atoms with Crippen molar-refractivity contribution in [3.63, 3.8) is 0 Å². The Morgan fingerprint density at radius 1 is 1.22 bits per heavy atom. The van der Waals surface area contributed by atoms with Gasteiger partial charge in [-0.15, -0.1) is 0 Å². The van der Waals surface area contributed by atoms with Crippen molar-refractivity contribution in [2.24, 2.45) is 4.99 Å². The number of hydrogen-bond donors (Lipinski definition) is 2. The smallest absolute Gasteiger partial charge is 0.422 e. The Balaban J connectivity index is 2.45. The first-order valence-corrected chi connectivity index (χ1v) is 8.68. The topological polar surface area (TPSA) is 77.0 Å². The quantitative estimate of drug-likeness (QED) is 0.322. The van der Waals surface area contributed by atoms with Crippen LogP contribution in [-0.2, 0) is 16.0 Å². The minimum atomic E-state index is -4.40. The third-order valence-corrected chi connectivity index (χ3v) is 3.14. The minimum Gasteiger partial charge on any atom is -0.468 e. The second-order valence-corrected chi connectivity index (χ2v) is 5.49. The lowest BCUT2D eigenvalue weighted by molar-refractivity contribution is -0.154. The highest BCUT2D eigenvalue weighted by Gasteiger charge is 2.28. The third kappa shape index (κ3) is 12.0. The molecule has 27 heavy (non-hydrogen) atoms. The largest absolute Gasteiger partial charge is 0.468 e. The predicted octanol–water partition coefficient (Wildman–Crippen LogP) is 2.13. The Bertz CT molecular complexity index is 556. The number of rotatable bonds is 12. The molecule has 1 aromatic heterocycles. The number of nitrogens with zero attached hydrogens (tertiary/aromatic N) is 2. The highest BCUT2D eigenvalue weighted by atomic mass is 19.4. The molecule has 1 heterocycles. The summed E-state index contributed by atoms with van der Waals surface area (Å²) in [5, 5.41) is 6.28. The molecule has 0 atom stereocenters. The first kappa shape index (κ1) is 23.0. The third-order valence-electron chi connectivity index (χ3n) is 3.14. The molecule has 0 aliphatic rings. The van der Waals surface area contributed by atoms with Gasteiger partial charge in [0.05, 0.1) is 19.8 Å². The van der Waals surface area contributed by atoms with E-state index in [1.807, 2.05) is 6.92 Å². The van der Waals surface area contributed by atoms with Gasteiger partial charge in [-0.2, -0.15) is 13.2 Å². The lowest BCUT2D eigenvalue weighted by Crippen LogP contribution is -2.38. The Labute approximate surface area is 157 Å². The molecule has 0 saturated heterocycles. The van der Waals surface area contributed by atoms with Gasteiger partial charge in [0.1, 0.15) is 0 Å². The second kappa shape index (κ2) is 13.2. The zero-order valence-corrected chi connectivity index (χ0v) is 15.6. The molecule has 0 fully saturated rings. The monoisotopic (exact) mass is 392 g/mol. The van der Waals surface area contributed by atoms with E-state index >= 15 is 0 Å². The Morgan fingerprint density at radius 3 is 2.74 bits per heavy atom. The minimum absolute atomic E-state index is 0.0776. The van der Waals surface area contributed by atoms with Crippen LogP contribution in [0.5, 0.6) is 5.88 Å². The lowest BCUT2D eigenvalue weighted by Gasteiger charge is -2.12. The molecule has 0 aliphatic heterocycles. The van der Waals surface area contributed by atoms with Crippen molar-refractivity contribution in [3.05, 3.63) is 23.9 Å². The summed E-state index contributed by atoms with van der Waals surface area (Å²) in [6, 6.07) is 3.12. The summed E-state index contributed by atoms with van der Waals surface area (Å²) in [4.78, 5) is 8.18. The summed E-state index contributed by atoms with van der Waals surface area (Å²) in [6.45, 7) is 3.96. The van der Waals surface area contributed by atoms with Crippen molar-refractivity contribution in [2.75, 3.05) is 46.6 Å². The fourth-order valence-electron chi connectivity index (χ4n) is 1.92. The van der Waals surface area contributed by atoms with E-state index in [1.54, 1.807) is 13.2 Å². The molecular weight excluding hydrogens is 365 g/mol. The molecule has 154 valence electrons. The van der Waals surface area contributed by atoms with Gasteiger partial charge in [0.25, 0.3) is 0 Å². The fraction of sp³-hybridized carbons (Fsp3) is 0.647. The van der Waals surface area contributed by atoms with Crippen molar-refractivity contribution in [1.82, 2.24) is 15.6 Å². The predicted molar refractivity (Wildman–Crippen MR) is 95.9 cm³/mol. The van der Waals surface area contributed by atoms with Gasteiger partial charge >= 0.3 is 6.18 Å². The Morgan fingerprint density at radius 2 is 2.04 bits per heavy atom. The number of hydrogen-bond acceptors (Lipinski definition) is 5. The summed E-state index contributed by atoms with van der Waals surface area (Å²) in [5.41, 5.74) is 0.697. The van der Waals surface area contributed by atoms with Crippen molar-refractivity contribution in [2.45, 2.75) is 26.1 Å². The highest BCUT2D eigenvalue weighted by Crippen LogP contribution is 2.17. The van der Waals surface area contributed by atoms with Crippen molar-refractivity contribution < 1.29 is 27.4 Å². The number of ether oxygens (including phenoxy) is 3. The summed E-state index contributed by atoms with van der Waals surface area (Å²) in [6.07, 6.45) is -2.20. The zero-order chi connectivity index (χ0) is 20.0. The van der Waals surface area contributed by atoms with Crippen LogP contribution in [0.3, 0.4) is 0 Å². The van der Waals surface area contributed by atoms with Crippen LogP contribution in [0.2, 0.25) is 0 Å². The number of aromatic nitrogens is 1. The van der Waals surface area contributed by atoms with E-state index in [9.17, 15) is 13.2 Å². The van der Waals surface area contributed by atoms with Crippen molar-refractivity contribution >= 4 is 5.96 Å². The molecule has 0 aromatic carbocycles. The molecule has 2 N–H and O–H groups in total. The van der Waals surface area contributed by atoms with E-state index < -0.39 is 12.8 Å². The number of aliphatic imine (C=N–C) groups is 1. The Hall–Kier alpha value is -2.07.